The SMILES string of the molecule is CCCCCCNC(=O)Nc1cccnc1Nc1ccc(CCOC(=O)NC(C)(C)C)cc1. The maximum atomic E-state index is 12.2. The van der Waals surface area contributed by atoms with Gasteiger partial charge in [0, 0.05) is 30.4 Å². The number of benzene rings is 1. The first-order chi connectivity index (χ1) is 15.8. The van der Waals surface area contributed by atoms with Crippen LogP contribution in [0.25, 0.3) is 0 Å². The molecule has 8 heteroatoms. The number of urea groups is 1. The van der Waals surface area contributed by atoms with E-state index in [0.717, 1.165) is 24.1 Å². The lowest BCUT2D eigenvalue weighted by Gasteiger charge is -2.19. The standard InChI is InChI=1S/C25H37N5O3/c1-5-6-7-8-16-27-23(31)29-21-10-9-17-26-22(21)28-20-13-11-19(12-14-20)15-18-33-24(32)30-25(2,3)4/h9-14,17H,5-8,15-16,18H2,1-4H3,(H,26,28)(H,30,32)(H2,27,29,31). The van der Waals surface area contributed by atoms with Gasteiger partial charge in [0.05, 0.1) is 12.3 Å². The van der Waals surface area contributed by atoms with Gasteiger partial charge >= 0.3 is 12.1 Å². The number of aromatic nitrogens is 1. The average molecular weight is 456 g/mol. The van der Waals surface area contributed by atoms with Crippen molar-refractivity contribution in [2.45, 2.75) is 65.3 Å². The highest BCUT2D eigenvalue weighted by molar-refractivity contribution is 5.92. The highest BCUT2D eigenvalue weighted by atomic mass is 16.5. The fourth-order valence-electron chi connectivity index (χ4n) is 3.02. The zero-order valence-electron chi connectivity index (χ0n) is 20.2. The van der Waals surface area contributed by atoms with Crippen molar-refractivity contribution in [1.82, 2.24) is 15.6 Å². The molecule has 3 amide bonds. The number of amides is 3. The molecule has 33 heavy (non-hydrogen) atoms. The molecule has 0 fully saturated rings. The molecule has 1 aromatic heterocycles. The van der Waals surface area contributed by atoms with Gasteiger partial charge in [-0.2, -0.15) is 0 Å². The molecule has 2 rings (SSSR count). The van der Waals surface area contributed by atoms with E-state index in [9.17, 15) is 9.59 Å². The van der Waals surface area contributed by atoms with Crippen LogP contribution in [0.15, 0.2) is 42.6 Å². The lowest BCUT2D eigenvalue weighted by atomic mass is 10.1. The number of alkyl carbamates (subject to hydrolysis) is 1. The van der Waals surface area contributed by atoms with Crippen LogP contribution in [0.4, 0.5) is 26.8 Å². The maximum Gasteiger partial charge on any atom is 0.407 e. The molecular formula is C25H37N5O3. The molecule has 0 atom stereocenters. The second-order valence-corrected chi connectivity index (χ2v) is 8.92. The van der Waals surface area contributed by atoms with Crippen molar-refractivity contribution in [2.75, 3.05) is 23.8 Å². The topological polar surface area (TPSA) is 104 Å². The number of nitrogens with zero attached hydrogens (tertiary/aromatic N) is 1. The van der Waals surface area contributed by atoms with Gasteiger partial charge in [-0.15, -0.1) is 0 Å². The van der Waals surface area contributed by atoms with Gasteiger partial charge in [-0.1, -0.05) is 38.3 Å². The predicted octanol–water partition coefficient (Wildman–Crippen LogP) is 5.59. The minimum Gasteiger partial charge on any atom is -0.449 e. The third kappa shape index (κ3) is 10.7. The van der Waals surface area contributed by atoms with Crippen LogP contribution in [0.5, 0.6) is 0 Å². The van der Waals surface area contributed by atoms with E-state index in [1.54, 1.807) is 18.3 Å². The molecule has 0 saturated heterocycles. The van der Waals surface area contributed by atoms with Crippen LogP contribution >= 0.6 is 0 Å². The molecule has 0 saturated carbocycles. The minimum absolute atomic E-state index is 0.242. The fraction of sp³-hybridized carbons (Fsp3) is 0.480. The van der Waals surface area contributed by atoms with Crippen LogP contribution in [0.1, 0.15) is 58.9 Å². The Morgan fingerprint density at radius 1 is 1.03 bits per heavy atom. The summed E-state index contributed by atoms with van der Waals surface area (Å²) in [5.41, 5.74) is 2.17. The molecular weight excluding hydrogens is 418 g/mol. The smallest absolute Gasteiger partial charge is 0.407 e. The Bertz CT molecular complexity index is 878. The third-order valence-electron chi connectivity index (χ3n) is 4.69. The number of hydrogen-bond acceptors (Lipinski definition) is 5. The van der Waals surface area contributed by atoms with Crippen molar-refractivity contribution in [2.24, 2.45) is 0 Å². The maximum absolute atomic E-state index is 12.2. The van der Waals surface area contributed by atoms with Gasteiger partial charge in [0.15, 0.2) is 5.82 Å². The van der Waals surface area contributed by atoms with Gasteiger partial charge in [0.1, 0.15) is 0 Å². The van der Waals surface area contributed by atoms with Gasteiger partial charge in [0.25, 0.3) is 0 Å². The van der Waals surface area contributed by atoms with E-state index in [-0.39, 0.29) is 11.6 Å². The van der Waals surface area contributed by atoms with E-state index in [4.69, 9.17) is 4.74 Å². The van der Waals surface area contributed by atoms with Crippen LogP contribution in [-0.2, 0) is 11.2 Å². The summed E-state index contributed by atoms with van der Waals surface area (Å²) in [5, 5.41) is 11.7. The number of carbonyl (C=O) groups excluding carboxylic acids is 2. The molecule has 0 radical (unpaired) electrons. The van der Waals surface area contributed by atoms with E-state index in [0.29, 0.717) is 31.1 Å². The number of carbonyl (C=O) groups is 2. The minimum atomic E-state index is -0.416. The summed E-state index contributed by atoms with van der Waals surface area (Å²) in [6.07, 6.45) is 6.30. The van der Waals surface area contributed by atoms with Gasteiger partial charge in [-0.05, 0) is 57.0 Å². The molecule has 180 valence electrons. The predicted molar refractivity (Wildman–Crippen MR) is 133 cm³/mol. The number of unbranched alkanes of at least 4 members (excludes halogenated alkanes) is 3. The Morgan fingerprint density at radius 2 is 1.79 bits per heavy atom. The zero-order valence-corrected chi connectivity index (χ0v) is 20.2. The summed E-state index contributed by atoms with van der Waals surface area (Å²) in [7, 11) is 0. The Labute approximate surface area is 196 Å². The molecule has 1 aromatic carbocycles. The summed E-state index contributed by atoms with van der Waals surface area (Å²) in [6, 6.07) is 11.1. The molecule has 8 nitrogen and oxygen atoms in total. The molecule has 4 N–H and O–H groups in total. The molecule has 0 unspecified atom stereocenters. The summed E-state index contributed by atoms with van der Waals surface area (Å²) >= 11 is 0. The van der Waals surface area contributed by atoms with Crippen molar-refractivity contribution in [3.05, 3.63) is 48.2 Å². The third-order valence-corrected chi connectivity index (χ3v) is 4.69. The Morgan fingerprint density at radius 3 is 2.48 bits per heavy atom. The van der Waals surface area contributed by atoms with Gasteiger partial charge in [-0.25, -0.2) is 14.6 Å². The van der Waals surface area contributed by atoms with Crippen LogP contribution in [0.3, 0.4) is 0 Å². The fourth-order valence-corrected chi connectivity index (χ4v) is 3.02. The molecule has 0 aliphatic heterocycles. The van der Waals surface area contributed by atoms with Crippen molar-refractivity contribution >= 4 is 29.3 Å². The van der Waals surface area contributed by atoms with Crippen molar-refractivity contribution in [1.29, 1.82) is 0 Å². The normalized spacial score (nSPS) is 10.9. The zero-order chi connectivity index (χ0) is 24.1. The first-order valence-corrected chi connectivity index (χ1v) is 11.6. The Kier molecular flexibility index (Phi) is 10.5. The first kappa shape index (κ1) is 26.0. The van der Waals surface area contributed by atoms with Crippen LogP contribution in [0.2, 0.25) is 0 Å². The van der Waals surface area contributed by atoms with E-state index in [1.807, 2.05) is 45.0 Å². The summed E-state index contributed by atoms with van der Waals surface area (Å²) < 4.78 is 5.23. The number of pyridine rings is 1. The van der Waals surface area contributed by atoms with Crippen molar-refractivity contribution < 1.29 is 14.3 Å². The molecule has 1 heterocycles. The summed E-state index contributed by atoms with van der Waals surface area (Å²) in [4.78, 5) is 28.3. The van der Waals surface area contributed by atoms with Crippen LogP contribution in [0, 0.1) is 0 Å². The average Bonchev–Trinajstić information content (AvgIpc) is 2.75. The number of hydrogen-bond donors (Lipinski definition) is 4. The Hall–Kier alpha value is -3.29. The van der Waals surface area contributed by atoms with Crippen molar-refractivity contribution in [3.8, 4) is 0 Å². The van der Waals surface area contributed by atoms with Crippen LogP contribution < -0.4 is 21.3 Å². The van der Waals surface area contributed by atoms with Crippen LogP contribution in [-0.4, -0.2) is 35.8 Å². The monoisotopic (exact) mass is 455 g/mol. The number of ether oxygens (including phenoxy) is 1. The van der Waals surface area contributed by atoms with E-state index >= 15 is 0 Å². The second kappa shape index (κ2) is 13.3. The first-order valence-electron chi connectivity index (χ1n) is 11.6. The van der Waals surface area contributed by atoms with E-state index in [1.165, 1.54) is 12.8 Å². The number of rotatable bonds is 11. The lowest BCUT2D eigenvalue weighted by Crippen LogP contribution is -2.41. The van der Waals surface area contributed by atoms with E-state index in [2.05, 4.69) is 33.2 Å². The number of nitrogens with one attached hydrogen (secondary N) is 4. The van der Waals surface area contributed by atoms with Gasteiger partial charge in [-0.3, -0.25) is 0 Å². The Balaban J connectivity index is 1.83. The van der Waals surface area contributed by atoms with E-state index < -0.39 is 6.09 Å². The van der Waals surface area contributed by atoms with Crippen molar-refractivity contribution in [3.63, 3.8) is 0 Å². The molecule has 0 aliphatic carbocycles. The highest BCUT2D eigenvalue weighted by Crippen LogP contribution is 2.23. The molecule has 0 bridgehead atoms. The summed E-state index contributed by atoms with van der Waals surface area (Å²) in [6.45, 7) is 8.83. The molecule has 0 spiro atoms. The van der Waals surface area contributed by atoms with Gasteiger partial charge < -0.3 is 26.0 Å². The molecule has 2 aromatic rings. The quantitative estimate of drug-likeness (QED) is 0.330. The largest absolute Gasteiger partial charge is 0.449 e. The number of anilines is 3. The lowest BCUT2D eigenvalue weighted by molar-refractivity contribution is 0.139. The second-order valence-electron chi connectivity index (χ2n) is 8.92. The summed E-state index contributed by atoms with van der Waals surface area (Å²) in [5.74, 6) is 0.563. The molecule has 0 aliphatic rings. The van der Waals surface area contributed by atoms with Gasteiger partial charge in [0.2, 0.25) is 0 Å². The highest BCUT2D eigenvalue weighted by Gasteiger charge is 2.14.